The molecule has 4 rings (SSSR count). The summed E-state index contributed by atoms with van der Waals surface area (Å²) >= 11 is 1.74. The molecular weight excluding hydrogens is 480 g/mol. The average Bonchev–Trinajstić information content (AvgIpc) is 3.39. The Hall–Kier alpha value is -3.12. The second-order valence-electron chi connectivity index (χ2n) is 10.1. The van der Waals surface area contributed by atoms with Gasteiger partial charge in [0.15, 0.2) is 0 Å². The highest BCUT2D eigenvalue weighted by Crippen LogP contribution is 2.34. The van der Waals surface area contributed by atoms with Gasteiger partial charge in [-0.15, -0.1) is 11.3 Å². The fourth-order valence-corrected chi connectivity index (χ4v) is 5.75. The van der Waals surface area contributed by atoms with Gasteiger partial charge in [-0.05, 0) is 66.0 Å². The second kappa shape index (κ2) is 12.4. The van der Waals surface area contributed by atoms with E-state index in [0.717, 1.165) is 29.7 Å². The molecule has 2 heterocycles. The lowest BCUT2D eigenvalue weighted by Crippen LogP contribution is -2.50. The van der Waals surface area contributed by atoms with Crippen molar-refractivity contribution in [1.82, 2.24) is 9.80 Å². The van der Waals surface area contributed by atoms with E-state index in [0.29, 0.717) is 25.5 Å². The number of amides is 2. The second-order valence-corrected chi connectivity index (χ2v) is 11.1. The maximum atomic E-state index is 13.7. The number of thiophene rings is 1. The molecule has 0 radical (unpaired) electrons. The van der Waals surface area contributed by atoms with Gasteiger partial charge in [0, 0.05) is 17.5 Å². The summed E-state index contributed by atoms with van der Waals surface area (Å²) in [5.41, 5.74) is 3.39. The first kappa shape index (κ1) is 26.9. The third kappa shape index (κ3) is 6.61. The third-order valence-electron chi connectivity index (χ3n) is 7.32. The Balaban J connectivity index is 1.49. The van der Waals surface area contributed by atoms with Crippen LogP contribution in [0.5, 0.6) is 5.75 Å². The van der Waals surface area contributed by atoms with E-state index in [2.05, 4.69) is 44.4 Å². The molecule has 0 aliphatic carbocycles. The number of hydrogen-bond acceptors (Lipinski definition) is 4. The van der Waals surface area contributed by atoms with Crippen molar-refractivity contribution in [1.29, 1.82) is 0 Å². The third-order valence-corrected chi connectivity index (χ3v) is 8.31. The summed E-state index contributed by atoms with van der Waals surface area (Å²) in [6, 6.07) is 19.9. The van der Waals surface area contributed by atoms with Crippen LogP contribution in [0.2, 0.25) is 0 Å². The molecule has 2 aromatic carbocycles. The summed E-state index contributed by atoms with van der Waals surface area (Å²) in [5, 5.41) is 2.10. The molecule has 1 aliphatic rings. The van der Waals surface area contributed by atoms with Gasteiger partial charge in [0.25, 0.3) is 0 Å². The molecule has 0 unspecified atom stereocenters. The number of carbonyl (C=O) groups excluding carboxylic acids is 2. The summed E-state index contributed by atoms with van der Waals surface area (Å²) in [5.74, 6) is 1.23. The first-order valence-corrected chi connectivity index (χ1v) is 14.2. The van der Waals surface area contributed by atoms with Crippen LogP contribution in [-0.2, 0) is 22.4 Å². The normalized spacial score (nSPS) is 15.8. The first-order valence-electron chi connectivity index (χ1n) is 13.3. The fourth-order valence-electron chi connectivity index (χ4n) is 4.82. The molecular formula is C31H38N2O3S. The number of fused-ring (bicyclic) bond motifs is 1. The number of rotatable bonds is 10. The van der Waals surface area contributed by atoms with Gasteiger partial charge in [0.2, 0.25) is 11.8 Å². The highest BCUT2D eigenvalue weighted by Gasteiger charge is 2.34. The van der Waals surface area contributed by atoms with Gasteiger partial charge < -0.3 is 14.5 Å². The predicted octanol–water partition coefficient (Wildman–Crippen LogP) is 6.25. The van der Waals surface area contributed by atoms with Crippen LogP contribution < -0.4 is 4.74 Å². The molecule has 5 nitrogen and oxygen atoms in total. The zero-order chi connectivity index (χ0) is 26.4. The van der Waals surface area contributed by atoms with E-state index < -0.39 is 0 Å². The summed E-state index contributed by atoms with van der Waals surface area (Å²) in [4.78, 5) is 32.0. The van der Waals surface area contributed by atoms with Gasteiger partial charge in [-0.25, -0.2) is 0 Å². The van der Waals surface area contributed by atoms with E-state index in [4.69, 9.17) is 4.74 Å². The van der Waals surface area contributed by atoms with Crippen LogP contribution >= 0.6 is 11.3 Å². The largest absolute Gasteiger partial charge is 0.491 e. The SMILES string of the molecule is CC[C@@H](C)N(CC(=O)N1CCc2sccc2[C@@H]1COc1ccc(C(C)C)cc1)C(=O)Cc1ccccc1. The quantitative estimate of drug-likeness (QED) is 0.319. The van der Waals surface area contributed by atoms with Crippen molar-refractivity contribution in [3.8, 4) is 5.75 Å². The maximum Gasteiger partial charge on any atom is 0.242 e. The number of hydrogen-bond donors (Lipinski definition) is 0. The van der Waals surface area contributed by atoms with Crippen molar-refractivity contribution in [2.24, 2.45) is 0 Å². The molecule has 1 aromatic heterocycles. The van der Waals surface area contributed by atoms with E-state index in [-0.39, 0.29) is 30.4 Å². The van der Waals surface area contributed by atoms with Gasteiger partial charge in [0.1, 0.15) is 18.9 Å². The van der Waals surface area contributed by atoms with Crippen LogP contribution in [-0.4, -0.2) is 47.4 Å². The fraction of sp³-hybridized carbons (Fsp3) is 0.419. The van der Waals surface area contributed by atoms with Crippen LogP contribution in [0.25, 0.3) is 0 Å². The maximum absolute atomic E-state index is 13.7. The molecule has 0 N–H and O–H groups in total. The highest BCUT2D eigenvalue weighted by molar-refractivity contribution is 7.10. The first-order chi connectivity index (χ1) is 17.9. The summed E-state index contributed by atoms with van der Waals surface area (Å²) in [7, 11) is 0. The predicted molar refractivity (Wildman–Crippen MR) is 150 cm³/mol. The minimum atomic E-state index is -0.171. The molecule has 37 heavy (non-hydrogen) atoms. The highest BCUT2D eigenvalue weighted by atomic mass is 32.1. The molecule has 0 fully saturated rings. The Morgan fingerprint density at radius 2 is 1.78 bits per heavy atom. The van der Waals surface area contributed by atoms with Crippen LogP contribution in [0.3, 0.4) is 0 Å². The monoisotopic (exact) mass is 518 g/mol. The van der Waals surface area contributed by atoms with Gasteiger partial charge in [-0.2, -0.15) is 0 Å². The molecule has 0 bridgehead atoms. The van der Waals surface area contributed by atoms with Crippen molar-refractivity contribution in [3.63, 3.8) is 0 Å². The van der Waals surface area contributed by atoms with Crippen LogP contribution in [0, 0.1) is 0 Å². The molecule has 196 valence electrons. The number of ether oxygens (including phenoxy) is 1. The van der Waals surface area contributed by atoms with E-state index in [9.17, 15) is 9.59 Å². The topological polar surface area (TPSA) is 49.9 Å². The van der Waals surface area contributed by atoms with E-state index in [1.807, 2.05) is 54.3 Å². The molecule has 1 aliphatic heterocycles. The van der Waals surface area contributed by atoms with E-state index in [1.54, 1.807) is 16.2 Å². The molecule has 0 spiro atoms. The molecule has 2 atom stereocenters. The Labute approximate surface area is 225 Å². The average molecular weight is 519 g/mol. The van der Waals surface area contributed by atoms with Crippen LogP contribution in [0.4, 0.5) is 0 Å². The lowest BCUT2D eigenvalue weighted by atomic mass is 10.00. The Bertz CT molecular complexity index is 1170. The Morgan fingerprint density at radius 3 is 2.46 bits per heavy atom. The zero-order valence-corrected chi connectivity index (χ0v) is 23.2. The number of carbonyl (C=O) groups is 2. The van der Waals surface area contributed by atoms with Crippen molar-refractivity contribution in [3.05, 3.63) is 87.6 Å². The summed E-state index contributed by atoms with van der Waals surface area (Å²) < 4.78 is 6.22. The molecule has 2 amide bonds. The van der Waals surface area contributed by atoms with Crippen LogP contribution in [0.1, 0.15) is 67.6 Å². The van der Waals surface area contributed by atoms with E-state index in [1.165, 1.54) is 10.4 Å². The standard InChI is InChI=1S/C31H38N2O3S/c1-5-23(4)33(30(34)19-24-9-7-6-8-10-24)20-31(35)32-17-15-29-27(16-18-37-29)28(32)21-36-26-13-11-25(12-14-26)22(2)3/h6-14,16,18,22-23,28H,5,15,17,19-21H2,1-4H3/t23-,28+/m1/s1. The summed E-state index contributed by atoms with van der Waals surface area (Å²) in [6.07, 6.45) is 1.92. The van der Waals surface area contributed by atoms with Gasteiger partial charge >= 0.3 is 0 Å². The minimum absolute atomic E-state index is 0.0137. The molecule has 6 heteroatoms. The van der Waals surface area contributed by atoms with Gasteiger partial charge in [-0.1, -0.05) is 63.2 Å². The number of benzene rings is 2. The molecule has 3 aromatic rings. The lowest BCUT2D eigenvalue weighted by molar-refractivity contribution is -0.144. The zero-order valence-electron chi connectivity index (χ0n) is 22.4. The van der Waals surface area contributed by atoms with E-state index >= 15 is 0 Å². The Morgan fingerprint density at radius 1 is 1.05 bits per heavy atom. The summed E-state index contributed by atoms with van der Waals surface area (Å²) in [6.45, 7) is 9.52. The van der Waals surface area contributed by atoms with Gasteiger partial charge in [-0.3, -0.25) is 9.59 Å². The molecule has 0 saturated carbocycles. The van der Waals surface area contributed by atoms with Crippen molar-refractivity contribution in [2.75, 3.05) is 19.7 Å². The van der Waals surface area contributed by atoms with Gasteiger partial charge in [0.05, 0.1) is 12.5 Å². The minimum Gasteiger partial charge on any atom is -0.491 e. The number of nitrogens with zero attached hydrogens (tertiary/aromatic N) is 2. The molecule has 0 saturated heterocycles. The Kier molecular flexibility index (Phi) is 9.04. The van der Waals surface area contributed by atoms with Crippen molar-refractivity contribution < 1.29 is 14.3 Å². The van der Waals surface area contributed by atoms with Crippen molar-refractivity contribution in [2.45, 2.75) is 65.0 Å². The lowest BCUT2D eigenvalue weighted by Gasteiger charge is -2.38. The smallest absolute Gasteiger partial charge is 0.242 e. The van der Waals surface area contributed by atoms with Crippen molar-refractivity contribution >= 4 is 23.2 Å². The van der Waals surface area contributed by atoms with Crippen LogP contribution in [0.15, 0.2) is 66.0 Å².